The topological polar surface area (TPSA) is 94.1 Å². The number of ether oxygens (including phenoxy) is 3. The number of hydrogen-bond acceptors (Lipinski definition) is 5. The molecule has 0 spiro atoms. The second kappa shape index (κ2) is 8.19. The van der Waals surface area contributed by atoms with Gasteiger partial charge in [0.15, 0.2) is 11.5 Å². The summed E-state index contributed by atoms with van der Waals surface area (Å²) < 4.78 is 42.6. The van der Waals surface area contributed by atoms with Gasteiger partial charge in [-0.25, -0.2) is 4.79 Å². The number of carboxylic acids is 1. The van der Waals surface area contributed by atoms with Crippen molar-refractivity contribution < 1.29 is 37.7 Å². The number of rotatable bonds is 4. The summed E-state index contributed by atoms with van der Waals surface area (Å²) in [5, 5.41) is 12.6. The molecule has 0 fully saturated rings. The van der Waals surface area contributed by atoms with Crippen LogP contribution < -0.4 is 19.5 Å². The number of carbonyl (C=O) groups is 2. The van der Waals surface area contributed by atoms with Crippen molar-refractivity contribution >= 4 is 11.9 Å². The van der Waals surface area contributed by atoms with Gasteiger partial charge in [-0.2, -0.15) is 0 Å². The van der Waals surface area contributed by atoms with Gasteiger partial charge >= 0.3 is 12.3 Å². The third-order valence-corrected chi connectivity index (χ3v) is 7.44. The monoisotopic (exact) mass is 507 g/mol. The van der Waals surface area contributed by atoms with E-state index in [4.69, 9.17) is 4.74 Å². The molecule has 37 heavy (non-hydrogen) atoms. The van der Waals surface area contributed by atoms with Gasteiger partial charge in [0.25, 0.3) is 0 Å². The number of carboxylic acid groups (broad SMARTS) is 1. The maximum absolute atomic E-state index is 13.8. The molecule has 3 aromatic carbocycles. The van der Waals surface area contributed by atoms with E-state index in [2.05, 4.69) is 14.8 Å². The predicted molar refractivity (Wildman–Crippen MR) is 127 cm³/mol. The Balaban J connectivity index is 1.30. The quantitative estimate of drug-likeness (QED) is 0.498. The summed E-state index contributed by atoms with van der Waals surface area (Å²) in [4.78, 5) is 25.2. The molecule has 3 aromatic rings. The molecule has 0 radical (unpaired) electrons. The van der Waals surface area contributed by atoms with Crippen LogP contribution in [0, 0.1) is 0 Å². The number of halogens is 2. The fourth-order valence-corrected chi connectivity index (χ4v) is 5.46. The number of fused-ring (bicyclic) bond motifs is 3. The Morgan fingerprint density at radius 1 is 1.00 bits per heavy atom. The molecule has 7 nitrogen and oxygen atoms in total. The number of alkyl halides is 2. The highest BCUT2D eigenvalue weighted by atomic mass is 19.3. The van der Waals surface area contributed by atoms with Crippen LogP contribution in [-0.4, -0.2) is 23.3 Å². The molecule has 3 atom stereocenters. The number of benzene rings is 3. The molecule has 2 heterocycles. The van der Waals surface area contributed by atoms with E-state index in [1.54, 1.807) is 25.1 Å². The molecule has 2 N–H and O–H groups in total. The van der Waals surface area contributed by atoms with E-state index < -0.39 is 29.8 Å². The Morgan fingerprint density at radius 3 is 2.54 bits per heavy atom. The first kappa shape index (κ1) is 23.3. The zero-order valence-electron chi connectivity index (χ0n) is 19.8. The number of para-hydroxylation sites is 1. The van der Waals surface area contributed by atoms with Crippen molar-refractivity contribution in [2.45, 2.75) is 50.0 Å². The van der Waals surface area contributed by atoms with Crippen molar-refractivity contribution in [3.8, 4) is 17.2 Å². The second-order valence-corrected chi connectivity index (χ2v) is 9.79. The van der Waals surface area contributed by atoms with Gasteiger partial charge in [0.05, 0.1) is 17.0 Å². The van der Waals surface area contributed by atoms with Gasteiger partial charge < -0.3 is 24.6 Å². The highest BCUT2D eigenvalue weighted by Gasteiger charge is 2.48. The first-order valence-electron chi connectivity index (χ1n) is 12.0. The largest absolute Gasteiger partial charge is 0.586 e. The van der Waals surface area contributed by atoms with Gasteiger partial charge in [0.2, 0.25) is 5.91 Å². The SMILES string of the molecule is CC1(C(=O)N[C@@H]2C[C@H](c3cccc(C(=O)O)c3)Oc3ccccc32)CCc2cc3c(cc21)OC(F)(F)O3. The van der Waals surface area contributed by atoms with Crippen molar-refractivity contribution in [2.75, 3.05) is 0 Å². The molecule has 1 aliphatic carbocycles. The van der Waals surface area contributed by atoms with Crippen LogP contribution in [0.15, 0.2) is 60.7 Å². The lowest BCUT2D eigenvalue weighted by Gasteiger charge is -2.35. The Hall–Kier alpha value is -4.14. The van der Waals surface area contributed by atoms with Crippen molar-refractivity contribution in [2.24, 2.45) is 0 Å². The van der Waals surface area contributed by atoms with E-state index in [0.29, 0.717) is 36.1 Å². The van der Waals surface area contributed by atoms with Gasteiger partial charge in [-0.15, -0.1) is 8.78 Å². The molecular formula is C28H23F2NO6. The maximum Gasteiger partial charge on any atom is 0.586 e. The van der Waals surface area contributed by atoms with Crippen molar-refractivity contribution in [1.29, 1.82) is 0 Å². The van der Waals surface area contributed by atoms with Crippen molar-refractivity contribution in [3.05, 3.63) is 88.5 Å². The van der Waals surface area contributed by atoms with Crippen LogP contribution in [-0.2, 0) is 16.6 Å². The minimum absolute atomic E-state index is 0.0294. The Kier molecular flexibility index (Phi) is 5.15. The van der Waals surface area contributed by atoms with E-state index in [1.165, 1.54) is 18.2 Å². The van der Waals surface area contributed by atoms with E-state index in [9.17, 15) is 23.5 Å². The van der Waals surface area contributed by atoms with Gasteiger partial charge in [0, 0.05) is 12.0 Å². The second-order valence-electron chi connectivity index (χ2n) is 9.79. The average Bonchev–Trinajstić information content (AvgIpc) is 3.37. The van der Waals surface area contributed by atoms with E-state index in [1.807, 2.05) is 24.3 Å². The maximum atomic E-state index is 13.8. The minimum atomic E-state index is -3.73. The van der Waals surface area contributed by atoms with Crippen LogP contribution in [0.25, 0.3) is 0 Å². The molecule has 190 valence electrons. The number of aromatic carboxylic acids is 1. The first-order chi connectivity index (χ1) is 17.6. The van der Waals surface area contributed by atoms with Gasteiger partial charge in [-0.1, -0.05) is 30.3 Å². The van der Waals surface area contributed by atoms with E-state index >= 15 is 0 Å². The van der Waals surface area contributed by atoms with Gasteiger partial charge in [-0.05, 0) is 66.8 Å². The Labute approximate surface area is 211 Å². The summed E-state index contributed by atoms with van der Waals surface area (Å²) in [7, 11) is 0. The minimum Gasteiger partial charge on any atom is -0.485 e. The van der Waals surface area contributed by atoms with Gasteiger partial charge in [-0.3, -0.25) is 4.79 Å². The number of aryl methyl sites for hydroxylation is 1. The number of nitrogens with one attached hydrogen (secondary N) is 1. The molecule has 1 unspecified atom stereocenters. The zero-order chi connectivity index (χ0) is 25.9. The summed E-state index contributed by atoms with van der Waals surface area (Å²) in [6.45, 7) is 1.80. The fraction of sp³-hybridized carbons (Fsp3) is 0.286. The zero-order valence-corrected chi connectivity index (χ0v) is 19.8. The molecular weight excluding hydrogens is 484 g/mol. The van der Waals surface area contributed by atoms with E-state index in [-0.39, 0.29) is 23.0 Å². The summed E-state index contributed by atoms with van der Waals surface area (Å²) >= 11 is 0. The lowest BCUT2D eigenvalue weighted by molar-refractivity contribution is -0.286. The molecule has 2 aliphatic heterocycles. The van der Waals surface area contributed by atoms with Crippen LogP contribution in [0.2, 0.25) is 0 Å². The Morgan fingerprint density at radius 2 is 1.76 bits per heavy atom. The van der Waals surface area contributed by atoms with Crippen LogP contribution in [0.1, 0.15) is 64.5 Å². The number of hydrogen-bond donors (Lipinski definition) is 2. The highest BCUT2D eigenvalue weighted by molar-refractivity contribution is 5.90. The fourth-order valence-electron chi connectivity index (χ4n) is 5.46. The number of carbonyl (C=O) groups excluding carboxylic acids is 1. The standard InChI is InChI=1S/C28H23F2NO6/c1-27(10-9-15-12-23-24(13-19(15)27)37-28(29,30)36-23)26(34)31-20-14-22(35-21-8-3-2-7-18(20)21)16-5-4-6-17(11-16)25(32)33/h2-8,11-13,20,22H,9-10,14H2,1H3,(H,31,34)(H,32,33)/t20-,22-,27?/m1/s1. The lowest BCUT2D eigenvalue weighted by Crippen LogP contribution is -2.44. The first-order valence-corrected chi connectivity index (χ1v) is 12.0. The molecule has 0 aromatic heterocycles. The number of amides is 1. The average molecular weight is 507 g/mol. The third kappa shape index (κ3) is 3.94. The van der Waals surface area contributed by atoms with Crippen molar-refractivity contribution in [3.63, 3.8) is 0 Å². The third-order valence-electron chi connectivity index (χ3n) is 7.44. The van der Waals surface area contributed by atoms with Crippen LogP contribution >= 0.6 is 0 Å². The molecule has 1 amide bonds. The summed E-state index contributed by atoms with van der Waals surface area (Å²) in [6.07, 6.45) is -2.77. The van der Waals surface area contributed by atoms with E-state index in [0.717, 1.165) is 11.1 Å². The predicted octanol–water partition coefficient (Wildman–Crippen LogP) is 5.29. The van der Waals surface area contributed by atoms with Crippen LogP contribution in [0.3, 0.4) is 0 Å². The molecule has 0 bridgehead atoms. The highest BCUT2D eigenvalue weighted by Crippen LogP contribution is 2.49. The lowest BCUT2D eigenvalue weighted by atomic mass is 9.82. The molecule has 0 saturated carbocycles. The molecule has 3 aliphatic rings. The molecule has 0 saturated heterocycles. The van der Waals surface area contributed by atoms with Crippen molar-refractivity contribution in [1.82, 2.24) is 5.32 Å². The Bertz CT molecular complexity index is 1440. The summed E-state index contributed by atoms with van der Waals surface area (Å²) in [5.74, 6) is -0.781. The summed E-state index contributed by atoms with van der Waals surface area (Å²) in [6, 6.07) is 16.6. The molecule has 9 heteroatoms. The smallest absolute Gasteiger partial charge is 0.485 e. The van der Waals surface area contributed by atoms with Gasteiger partial charge in [0.1, 0.15) is 11.9 Å². The van der Waals surface area contributed by atoms with Crippen LogP contribution in [0.5, 0.6) is 17.2 Å². The summed E-state index contributed by atoms with van der Waals surface area (Å²) in [5.41, 5.74) is 2.11. The molecule has 6 rings (SSSR count). The van der Waals surface area contributed by atoms with Crippen LogP contribution in [0.4, 0.5) is 8.78 Å². The normalized spacial score (nSPS) is 24.5.